The first-order valence-electron chi connectivity index (χ1n) is 8.08. The lowest BCUT2D eigenvalue weighted by Gasteiger charge is -2.28. The summed E-state index contributed by atoms with van der Waals surface area (Å²) in [7, 11) is -1.82. The molecular weight excluding hydrogens is 348 g/mol. The van der Waals surface area contributed by atoms with Gasteiger partial charge in [-0.15, -0.1) is 0 Å². The Hall–Kier alpha value is -2.20. The van der Waals surface area contributed by atoms with Crippen LogP contribution in [0.5, 0.6) is 5.75 Å². The molecule has 136 valence electrons. The molecule has 1 saturated carbocycles. The van der Waals surface area contributed by atoms with Gasteiger partial charge in [0.1, 0.15) is 11.8 Å². The number of aromatic nitrogens is 2. The summed E-state index contributed by atoms with van der Waals surface area (Å²) in [4.78, 5) is 17.7. The van der Waals surface area contributed by atoms with Crippen LogP contribution >= 0.6 is 0 Å². The van der Waals surface area contributed by atoms with Crippen molar-refractivity contribution in [1.29, 1.82) is 0 Å². The zero-order valence-corrected chi connectivity index (χ0v) is 14.6. The van der Waals surface area contributed by atoms with Crippen LogP contribution in [0.2, 0.25) is 0 Å². The van der Waals surface area contributed by atoms with Crippen molar-refractivity contribution in [1.82, 2.24) is 14.7 Å². The van der Waals surface area contributed by atoms with Crippen LogP contribution in [-0.4, -0.2) is 42.2 Å². The molecule has 9 nitrogen and oxygen atoms in total. The van der Waals surface area contributed by atoms with Crippen molar-refractivity contribution in [2.45, 2.75) is 31.8 Å². The van der Waals surface area contributed by atoms with Gasteiger partial charge in [-0.25, -0.2) is 18.1 Å². The molecule has 0 aromatic carbocycles. The molecule has 2 aromatic rings. The average Bonchev–Trinajstić information content (AvgIpc) is 3.05. The van der Waals surface area contributed by atoms with E-state index in [1.807, 2.05) is 0 Å². The zero-order chi connectivity index (χ0) is 18.0. The fourth-order valence-electron chi connectivity index (χ4n) is 3.20. The monoisotopic (exact) mass is 368 g/mol. The largest absolute Gasteiger partial charge is 0.483 e. The molecule has 1 aliphatic rings. The van der Waals surface area contributed by atoms with Gasteiger partial charge in [-0.2, -0.15) is 0 Å². The Morgan fingerprint density at radius 3 is 2.76 bits per heavy atom. The van der Waals surface area contributed by atoms with E-state index < -0.39 is 14.9 Å². The van der Waals surface area contributed by atoms with E-state index in [4.69, 9.17) is 4.74 Å². The number of aromatic amines is 1. The summed E-state index contributed by atoms with van der Waals surface area (Å²) >= 11 is 0. The minimum Gasteiger partial charge on any atom is -0.483 e. The summed E-state index contributed by atoms with van der Waals surface area (Å²) in [6.07, 6.45) is 5.42. The van der Waals surface area contributed by atoms with Gasteiger partial charge in [0.15, 0.2) is 0 Å². The maximum atomic E-state index is 11.6. The van der Waals surface area contributed by atoms with E-state index in [0.29, 0.717) is 36.7 Å². The van der Waals surface area contributed by atoms with Gasteiger partial charge in [-0.3, -0.25) is 10.1 Å². The Balaban J connectivity index is 1.72. The lowest BCUT2D eigenvalue weighted by Crippen LogP contribution is -2.31. The minimum absolute atomic E-state index is 0.0806. The van der Waals surface area contributed by atoms with Gasteiger partial charge >= 0.3 is 5.69 Å². The third kappa shape index (κ3) is 3.90. The maximum absolute atomic E-state index is 11.6. The molecule has 1 fully saturated rings. The van der Waals surface area contributed by atoms with E-state index in [1.54, 1.807) is 12.3 Å². The SMILES string of the molecule is CNS(=O)(=O)CC1CCC(Oc2c([N+](=O)[O-])cnc3[nH]ccc23)CC1. The predicted octanol–water partition coefficient (Wildman–Crippen LogP) is 1.96. The van der Waals surface area contributed by atoms with Gasteiger partial charge in [-0.1, -0.05) is 0 Å². The highest BCUT2D eigenvalue weighted by molar-refractivity contribution is 7.89. The van der Waals surface area contributed by atoms with E-state index in [1.165, 1.54) is 13.2 Å². The second-order valence-corrected chi connectivity index (χ2v) is 8.19. The summed E-state index contributed by atoms with van der Waals surface area (Å²) < 4.78 is 31.6. The molecule has 2 N–H and O–H groups in total. The molecule has 0 radical (unpaired) electrons. The number of fused-ring (bicyclic) bond motifs is 1. The van der Waals surface area contributed by atoms with Crippen molar-refractivity contribution in [2.24, 2.45) is 5.92 Å². The highest BCUT2D eigenvalue weighted by Crippen LogP contribution is 2.37. The average molecular weight is 368 g/mol. The standard InChI is InChI=1S/C15H20N4O5S/c1-16-25(22,23)9-10-2-4-11(5-3-10)24-14-12-6-7-17-15(12)18-8-13(14)19(20)21/h6-8,10-11,16H,2-5,9H2,1H3,(H,17,18). The molecule has 0 aliphatic heterocycles. The number of hydrogen-bond acceptors (Lipinski definition) is 6. The van der Waals surface area contributed by atoms with Crippen LogP contribution in [0.1, 0.15) is 25.7 Å². The quantitative estimate of drug-likeness (QED) is 0.593. The van der Waals surface area contributed by atoms with Crippen molar-refractivity contribution in [3.05, 3.63) is 28.6 Å². The predicted molar refractivity (Wildman–Crippen MR) is 92.0 cm³/mol. The van der Waals surface area contributed by atoms with Gasteiger partial charge in [0.2, 0.25) is 15.8 Å². The molecule has 0 saturated heterocycles. The number of ether oxygens (including phenoxy) is 1. The molecule has 25 heavy (non-hydrogen) atoms. The molecule has 2 aromatic heterocycles. The highest BCUT2D eigenvalue weighted by atomic mass is 32.2. The zero-order valence-electron chi connectivity index (χ0n) is 13.8. The molecule has 1 aliphatic carbocycles. The van der Waals surface area contributed by atoms with Gasteiger partial charge < -0.3 is 9.72 Å². The third-order valence-electron chi connectivity index (χ3n) is 4.56. The Labute approximate surface area is 145 Å². The molecule has 2 heterocycles. The van der Waals surface area contributed by atoms with E-state index >= 15 is 0 Å². The topological polar surface area (TPSA) is 127 Å². The first kappa shape index (κ1) is 17.6. The number of nitrogens with zero attached hydrogens (tertiary/aromatic N) is 2. The maximum Gasteiger partial charge on any atom is 0.329 e. The van der Waals surface area contributed by atoms with Crippen LogP contribution in [0, 0.1) is 16.0 Å². The van der Waals surface area contributed by atoms with Crippen LogP contribution < -0.4 is 9.46 Å². The number of nitro groups is 1. The van der Waals surface area contributed by atoms with Gasteiger partial charge in [-0.05, 0) is 44.7 Å². The second kappa shape index (κ2) is 6.96. The van der Waals surface area contributed by atoms with Crippen molar-refractivity contribution in [2.75, 3.05) is 12.8 Å². The number of sulfonamides is 1. The third-order valence-corrected chi connectivity index (χ3v) is 6.09. The fraction of sp³-hybridized carbons (Fsp3) is 0.533. The van der Waals surface area contributed by atoms with Crippen molar-refractivity contribution < 1.29 is 18.1 Å². The molecule has 3 rings (SSSR count). The summed E-state index contributed by atoms with van der Waals surface area (Å²) in [6, 6.07) is 1.70. The van der Waals surface area contributed by atoms with Crippen LogP contribution in [0.3, 0.4) is 0 Å². The number of hydrogen-bond donors (Lipinski definition) is 2. The minimum atomic E-state index is -3.23. The lowest BCUT2D eigenvalue weighted by molar-refractivity contribution is -0.386. The van der Waals surface area contributed by atoms with Crippen LogP contribution in [0.25, 0.3) is 11.0 Å². The molecule has 0 bridgehead atoms. The highest BCUT2D eigenvalue weighted by Gasteiger charge is 2.29. The lowest BCUT2D eigenvalue weighted by atomic mass is 9.88. The Morgan fingerprint density at radius 1 is 1.40 bits per heavy atom. The van der Waals surface area contributed by atoms with E-state index in [9.17, 15) is 18.5 Å². The molecule has 0 spiro atoms. The van der Waals surface area contributed by atoms with Crippen LogP contribution in [0.4, 0.5) is 5.69 Å². The summed E-state index contributed by atoms with van der Waals surface area (Å²) in [5, 5.41) is 11.9. The second-order valence-electron chi connectivity index (χ2n) is 6.22. The van der Waals surface area contributed by atoms with E-state index in [2.05, 4.69) is 14.7 Å². The van der Waals surface area contributed by atoms with Crippen molar-refractivity contribution in [3.8, 4) is 5.75 Å². The van der Waals surface area contributed by atoms with Crippen molar-refractivity contribution in [3.63, 3.8) is 0 Å². The van der Waals surface area contributed by atoms with Crippen LogP contribution in [-0.2, 0) is 10.0 Å². The summed E-state index contributed by atoms with van der Waals surface area (Å²) in [6.45, 7) is 0. The molecule has 0 unspecified atom stereocenters. The van der Waals surface area contributed by atoms with Gasteiger partial charge in [0, 0.05) is 6.20 Å². The van der Waals surface area contributed by atoms with Crippen LogP contribution in [0.15, 0.2) is 18.5 Å². The van der Waals surface area contributed by atoms with Gasteiger partial charge in [0.05, 0.1) is 22.2 Å². The summed E-state index contributed by atoms with van der Waals surface area (Å²) in [5.41, 5.74) is 0.376. The number of nitrogens with one attached hydrogen (secondary N) is 2. The van der Waals surface area contributed by atoms with Crippen molar-refractivity contribution >= 4 is 26.7 Å². The Kier molecular flexibility index (Phi) is 4.91. The summed E-state index contributed by atoms with van der Waals surface area (Å²) in [5.74, 6) is 0.410. The molecule has 0 amide bonds. The van der Waals surface area contributed by atoms with E-state index in [-0.39, 0.29) is 29.2 Å². The molecular formula is C15H20N4O5S. The molecule has 0 atom stereocenters. The normalized spacial score (nSPS) is 21.3. The Morgan fingerprint density at radius 2 is 2.12 bits per heavy atom. The smallest absolute Gasteiger partial charge is 0.329 e. The fourth-order valence-corrected chi connectivity index (χ4v) is 4.32. The van der Waals surface area contributed by atoms with E-state index in [0.717, 1.165) is 0 Å². The first-order chi connectivity index (χ1) is 11.9. The number of pyridine rings is 1. The van der Waals surface area contributed by atoms with Gasteiger partial charge in [0.25, 0.3) is 0 Å². The number of rotatable bonds is 6. The molecule has 10 heteroatoms. The number of H-pyrrole nitrogens is 1. The Bertz CT molecular complexity index is 871. The first-order valence-corrected chi connectivity index (χ1v) is 9.73.